The Kier molecular flexibility index (Phi) is 5.91. The van der Waals surface area contributed by atoms with Crippen LogP contribution >= 0.6 is 0 Å². The normalized spacial score (nSPS) is 10.3. The molecule has 4 heteroatoms. The fraction of sp³-hybridized carbons (Fsp3) is 0.294. The molecular weight excluding hydrogens is 262 g/mol. The fourth-order valence-corrected chi connectivity index (χ4v) is 2.05. The number of carbonyl (C=O) groups is 1. The zero-order valence-electron chi connectivity index (χ0n) is 12.3. The van der Waals surface area contributed by atoms with Crippen LogP contribution in [0.15, 0.2) is 48.8 Å². The van der Waals surface area contributed by atoms with Crippen molar-refractivity contribution in [3.05, 3.63) is 65.5 Å². The van der Waals surface area contributed by atoms with Crippen LogP contribution in [0, 0.1) is 6.92 Å². The van der Waals surface area contributed by atoms with Crippen LogP contribution < -0.4 is 10.6 Å². The summed E-state index contributed by atoms with van der Waals surface area (Å²) in [6.45, 7) is 4.06. The van der Waals surface area contributed by atoms with Crippen molar-refractivity contribution in [2.45, 2.75) is 26.4 Å². The molecular formula is C17H21N3O. The predicted octanol–water partition coefficient (Wildman–Crippen LogP) is 2.19. The van der Waals surface area contributed by atoms with E-state index in [0.29, 0.717) is 19.5 Å². The molecule has 0 bridgehead atoms. The quantitative estimate of drug-likeness (QED) is 0.766. The smallest absolute Gasteiger partial charge is 0.221 e. The highest BCUT2D eigenvalue weighted by molar-refractivity contribution is 5.76. The lowest BCUT2D eigenvalue weighted by Crippen LogP contribution is -2.27. The van der Waals surface area contributed by atoms with E-state index in [4.69, 9.17) is 0 Å². The van der Waals surface area contributed by atoms with E-state index in [9.17, 15) is 4.79 Å². The molecule has 0 aliphatic rings. The number of amides is 1. The molecule has 0 spiro atoms. The lowest BCUT2D eigenvalue weighted by Gasteiger charge is -2.07. The third-order valence-corrected chi connectivity index (χ3v) is 3.18. The average molecular weight is 283 g/mol. The Hall–Kier alpha value is -2.20. The fourth-order valence-electron chi connectivity index (χ4n) is 2.05. The molecule has 1 heterocycles. The molecule has 0 unspecified atom stereocenters. The monoisotopic (exact) mass is 283 g/mol. The second kappa shape index (κ2) is 8.17. The van der Waals surface area contributed by atoms with Gasteiger partial charge < -0.3 is 10.6 Å². The summed E-state index contributed by atoms with van der Waals surface area (Å²) < 4.78 is 0. The highest BCUT2D eigenvalue weighted by atomic mass is 16.1. The molecule has 1 amide bonds. The number of aryl methyl sites for hydroxylation is 1. The maximum Gasteiger partial charge on any atom is 0.221 e. The third kappa shape index (κ3) is 5.75. The van der Waals surface area contributed by atoms with Crippen LogP contribution in [-0.2, 0) is 17.9 Å². The van der Waals surface area contributed by atoms with Gasteiger partial charge in [0.1, 0.15) is 0 Å². The lowest BCUT2D eigenvalue weighted by atomic mass is 10.1. The summed E-state index contributed by atoms with van der Waals surface area (Å²) in [4.78, 5) is 15.7. The molecule has 2 rings (SSSR count). The van der Waals surface area contributed by atoms with Crippen molar-refractivity contribution in [2.24, 2.45) is 0 Å². The molecule has 0 atom stereocenters. The van der Waals surface area contributed by atoms with Gasteiger partial charge in [-0.05, 0) is 30.2 Å². The van der Waals surface area contributed by atoms with Crippen molar-refractivity contribution in [3.8, 4) is 0 Å². The average Bonchev–Trinajstić information content (AvgIpc) is 2.51. The SMILES string of the molecule is Cc1cccc(CNC(=O)CCNCc2ccncc2)c1. The maximum absolute atomic E-state index is 11.8. The van der Waals surface area contributed by atoms with Gasteiger partial charge in [-0.25, -0.2) is 0 Å². The molecule has 2 aromatic rings. The summed E-state index contributed by atoms with van der Waals surface area (Å²) in [7, 11) is 0. The van der Waals surface area contributed by atoms with Crippen LogP contribution in [0.4, 0.5) is 0 Å². The van der Waals surface area contributed by atoms with Crippen molar-refractivity contribution < 1.29 is 4.79 Å². The van der Waals surface area contributed by atoms with E-state index in [2.05, 4.69) is 21.7 Å². The van der Waals surface area contributed by atoms with Gasteiger partial charge in [-0.3, -0.25) is 9.78 Å². The Morgan fingerprint density at radius 1 is 1.10 bits per heavy atom. The van der Waals surface area contributed by atoms with Crippen molar-refractivity contribution >= 4 is 5.91 Å². The predicted molar refractivity (Wildman–Crippen MR) is 83.6 cm³/mol. The number of nitrogens with one attached hydrogen (secondary N) is 2. The molecule has 0 saturated heterocycles. The Morgan fingerprint density at radius 2 is 1.90 bits per heavy atom. The van der Waals surface area contributed by atoms with Gasteiger partial charge >= 0.3 is 0 Å². The maximum atomic E-state index is 11.8. The van der Waals surface area contributed by atoms with E-state index >= 15 is 0 Å². The molecule has 4 nitrogen and oxygen atoms in total. The first-order chi connectivity index (χ1) is 10.2. The lowest BCUT2D eigenvalue weighted by molar-refractivity contribution is -0.121. The summed E-state index contributed by atoms with van der Waals surface area (Å²) in [6.07, 6.45) is 4.02. The van der Waals surface area contributed by atoms with Crippen LogP contribution in [-0.4, -0.2) is 17.4 Å². The number of rotatable bonds is 7. The van der Waals surface area contributed by atoms with E-state index in [1.807, 2.05) is 37.3 Å². The summed E-state index contributed by atoms with van der Waals surface area (Å²) >= 11 is 0. The molecule has 1 aromatic heterocycles. The molecule has 1 aromatic carbocycles. The van der Waals surface area contributed by atoms with Gasteiger partial charge in [0, 0.05) is 38.4 Å². The summed E-state index contributed by atoms with van der Waals surface area (Å²) in [5.41, 5.74) is 3.51. The minimum atomic E-state index is 0.0683. The number of hydrogen-bond acceptors (Lipinski definition) is 3. The van der Waals surface area contributed by atoms with Gasteiger partial charge in [-0.1, -0.05) is 29.8 Å². The molecule has 0 radical (unpaired) electrons. The summed E-state index contributed by atoms with van der Waals surface area (Å²) in [5.74, 6) is 0.0683. The zero-order valence-corrected chi connectivity index (χ0v) is 12.3. The van der Waals surface area contributed by atoms with Gasteiger partial charge in [-0.15, -0.1) is 0 Å². The van der Waals surface area contributed by atoms with Gasteiger partial charge in [0.15, 0.2) is 0 Å². The van der Waals surface area contributed by atoms with Gasteiger partial charge in [0.05, 0.1) is 0 Å². The number of carbonyl (C=O) groups excluding carboxylic acids is 1. The number of benzene rings is 1. The first kappa shape index (κ1) is 15.2. The van der Waals surface area contributed by atoms with E-state index in [-0.39, 0.29) is 5.91 Å². The van der Waals surface area contributed by atoms with E-state index < -0.39 is 0 Å². The molecule has 2 N–H and O–H groups in total. The van der Waals surface area contributed by atoms with E-state index in [0.717, 1.165) is 12.1 Å². The molecule has 0 aliphatic carbocycles. The minimum absolute atomic E-state index is 0.0683. The number of pyridine rings is 1. The Morgan fingerprint density at radius 3 is 2.67 bits per heavy atom. The van der Waals surface area contributed by atoms with Crippen LogP contribution in [0.5, 0.6) is 0 Å². The number of hydrogen-bond donors (Lipinski definition) is 2. The first-order valence-corrected chi connectivity index (χ1v) is 7.16. The highest BCUT2D eigenvalue weighted by Crippen LogP contribution is 2.03. The number of aromatic nitrogens is 1. The summed E-state index contributed by atoms with van der Waals surface area (Å²) in [5, 5.41) is 6.19. The summed E-state index contributed by atoms with van der Waals surface area (Å²) in [6, 6.07) is 12.1. The second-order valence-electron chi connectivity index (χ2n) is 5.05. The molecule has 21 heavy (non-hydrogen) atoms. The highest BCUT2D eigenvalue weighted by Gasteiger charge is 2.01. The second-order valence-corrected chi connectivity index (χ2v) is 5.05. The number of nitrogens with zero attached hydrogens (tertiary/aromatic N) is 1. The van der Waals surface area contributed by atoms with E-state index in [1.165, 1.54) is 11.1 Å². The minimum Gasteiger partial charge on any atom is -0.352 e. The van der Waals surface area contributed by atoms with Crippen LogP contribution in [0.1, 0.15) is 23.1 Å². The van der Waals surface area contributed by atoms with Crippen molar-refractivity contribution in [2.75, 3.05) is 6.54 Å². The standard InChI is InChI=1S/C17H21N3O/c1-14-3-2-4-16(11-14)13-20-17(21)7-10-19-12-15-5-8-18-9-6-15/h2-6,8-9,11,19H,7,10,12-13H2,1H3,(H,20,21). The zero-order chi connectivity index (χ0) is 14.9. The van der Waals surface area contributed by atoms with Gasteiger partial charge in [0.2, 0.25) is 5.91 Å². The van der Waals surface area contributed by atoms with Gasteiger partial charge in [0.25, 0.3) is 0 Å². The third-order valence-electron chi connectivity index (χ3n) is 3.18. The largest absolute Gasteiger partial charge is 0.352 e. The van der Waals surface area contributed by atoms with Crippen LogP contribution in [0.3, 0.4) is 0 Å². The Balaban J connectivity index is 1.62. The van der Waals surface area contributed by atoms with Crippen LogP contribution in [0.25, 0.3) is 0 Å². The molecule has 0 fully saturated rings. The van der Waals surface area contributed by atoms with E-state index in [1.54, 1.807) is 12.4 Å². The Bertz CT molecular complexity index is 569. The topological polar surface area (TPSA) is 54.0 Å². The Labute approximate surface area is 125 Å². The van der Waals surface area contributed by atoms with Crippen molar-refractivity contribution in [3.63, 3.8) is 0 Å². The van der Waals surface area contributed by atoms with Crippen molar-refractivity contribution in [1.82, 2.24) is 15.6 Å². The van der Waals surface area contributed by atoms with Crippen LogP contribution in [0.2, 0.25) is 0 Å². The first-order valence-electron chi connectivity index (χ1n) is 7.16. The van der Waals surface area contributed by atoms with Crippen molar-refractivity contribution in [1.29, 1.82) is 0 Å². The molecule has 110 valence electrons. The molecule has 0 saturated carbocycles. The van der Waals surface area contributed by atoms with Gasteiger partial charge in [-0.2, -0.15) is 0 Å². The molecule has 0 aliphatic heterocycles.